The minimum atomic E-state index is -2.80. The summed E-state index contributed by atoms with van der Waals surface area (Å²) in [5.41, 5.74) is 6.05. The lowest BCUT2D eigenvalue weighted by Crippen LogP contribution is -2.18. The van der Waals surface area contributed by atoms with Gasteiger partial charge in [-0.2, -0.15) is 0 Å². The molecule has 4 aromatic rings. The van der Waals surface area contributed by atoms with Gasteiger partial charge in [0.2, 0.25) is 0 Å². The number of pyridine rings is 1. The van der Waals surface area contributed by atoms with Crippen molar-refractivity contribution in [3.8, 4) is 11.1 Å². The Kier molecular flexibility index (Phi) is 6.98. The van der Waals surface area contributed by atoms with Crippen LogP contribution in [0.4, 0.5) is 26.0 Å². The maximum atomic E-state index is 13.7. The molecule has 0 aliphatic carbocycles. The number of rotatable bonds is 7. The van der Waals surface area contributed by atoms with Crippen molar-refractivity contribution in [2.24, 2.45) is 0 Å². The van der Waals surface area contributed by atoms with E-state index < -0.39 is 12.2 Å². The molecule has 0 bridgehead atoms. The fourth-order valence-corrected chi connectivity index (χ4v) is 4.99. The number of benzene rings is 2. The van der Waals surface area contributed by atoms with Crippen LogP contribution in [0, 0.1) is 6.92 Å². The molecule has 0 amide bonds. The molecule has 36 heavy (non-hydrogen) atoms. The molecular weight excluding hydrogens is 482 g/mol. The summed E-state index contributed by atoms with van der Waals surface area (Å²) >= 11 is 6.64. The van der Waals surface area contributed by atoms with Gasteiger partial charge in [-0.1, -0.05) is 35.9 Å². The zero-order valence-electron chi connectivity index (χ0n) is 20.2. The molecule has 9 heteroatoms. The fourth-order valence-electron chi connectivity index (χ4n) is 4.67. The number of hydrogen-bond acceptors (Lipinski definition) is 6. The molecule has 0 spiro atoms. The predicted molar refractivity (Wildman–Crippen MR) is 141 cm³/mol. The van der Waals surface area contributed by atoms with Gasteiger partial charge >= 0.3 is 0 Å². The summed E-state index contributed by atoms with van der Waals surface area (Å²) in [6, 6.07) is 13.4. The maximum absolute atomic E-state index is 13.7. The molecule has 1 aliphatic rings. The summed E-state index contributed by atoms with van der Waals surface area (Å²) in [5.74, 6) is -0.276. The zero-order valence-corrected chi connectivity index (χ0v) is 20.9. The topological polar surface area (TPSA) is 66.0 Å². The van der Waals surface area contributed by atoms with Gasteiger partial charge in [0.1, 0.15) is 5.52 Å². The van der Waals surface area contributed by atoms with Crippen molar-refractivity contribution >= 4 is 39.8 Å². The van der Waals surface area contributed by atoms with Gasteiger partial charge in [0.05, 0.1) is 16.2 Å². The van der Waals surface area contributed by atoms with E-state index in [1.54, 1.807) is 6.20 Å². The summed E-state index contributed by atoms with van der Waals surface area (Å²) < 4.78 is 27.4. The third-order valence-electron chi connectivity index (χ3n) is 6.56. The third-order valence-corrected chi connectivity index (χ3v) is 6.96. The summed E-state index contributed by atoms with van der Waals surface area (Å²) in [6.07, 6.45) is 1.34. The first-order valence-corrected chi connectivity index (χ1v) is 12.3. The Morgan fingerprint density at radius 3 is 2.47 bits per heavy atom. The first-order valence-electron chi connectivity index (χ1n) is 11.9. The lowest BCUT2D eigenvalue weighted by molar-refractivity contribution is 0.141. The standard InChI is InChI=1S/C27H27ClF2N6/c1-16-18(19-8-6-10-21(31-2)23(19)28)7-5-9-20(16)33-26-24-22(34-27(35-26)25(29)30)13-17(14-32-24)15-36-11-3-4-12-36/h5-10,13-14,25,31H,3-4,11-12,15H2,1-2H3,(H,33,34,35). The highest BCUT2D eigenvalue weighted by atomic mass is 35.5. The minimum Gasteiger partial charge on any atom is -0.387 e. The van der Waals surface area contributed by atoms with Crippen LogP contribution < -0.4 is 10.6 Å². The van der Waals surface area contributed by atoms with Gasteiger partial charge in [0.15, 0.2) is 11.6 Å². The van der Waals surface area contributed by atoms with Gasteiger partial charge in [0, 0.05) is 31.0 Å². The van der Waals surface area contributed by atoms with Crippen LogP contribution >= 0.6 is 11.6 Å². The molecule has 186 valence electrons. The Morgan fingerprint density at radius 2 is 1.75 bits per heavy atom. The number of nitrogens with zero attached hydrogens (tertiary/aromatic N) is 4. The first-order chi connectivity index (χ1) is 17.4. The van der Waals surface area contributed by atoms with Gasteiger partial charge in [-0.05, 0) is 67.7 Å². The summed E-state index contributed by atoms with van der Waals surface area (Å²) in [5, 5.41) is 6.95. The van der Waals surface area contributed by atoms with Crippen molar-refractivity contribution in [2.45, 2.75) is 32.7 Å². The minimum absolute atomic E-state index is 0.248. The molecule has 5 rings (SSSR count). The van der Waals surface area contributed by atoms with Gasteiger partial charge in [0.25, 0.3) is 6.43 Å². The van der Waals surface area contributed by atoms with Crippen molar-refractivity contribution in [1.82, 2.24) is 19.9 Å². The van der Waals surface area contributed by atoms with E-state index in [0.717, 1.165) is 53.3 Å². The summed E-state index contributed by atoms with van der Waals surface area (Å²) in [6.45, 7) is 4.76. The Hall–Kier alpha value is -3.36. The van der Waals surface area contributed by atoms with E-state index in [1.165, 1.54) is 12.8 Å². The van der Waals surface area contributed by atoms with Gasteiger partial charge in [-0.25, -0.2) is 18.7 Å². The molecule has 3 heterocycles. The Labute approximate surface area is 213 Å². The molecule has 2 N–H and O–H groups in total. The van der Waals surface area contributed by atoms with Crippen LogP contribution in [0.5, 0.6) is 0 Å². The number of hydrogen-bond donors (Lipinski definition) is 2. The summed E-state index contributed by atoms with van der Waals surface area (Å²) in [4.78, 5) is 15.2. The van der Waals surface area contributed by atoms with Crippen molar-refractivity contribution < 1.29 is 8.78 Å². The van der Waals surface area contributed by atoms with Gasteiger partial charge < -0.3 is 10.6 Å². The maximum Gasteiger partial charge on any atom is 0.297 e. The van der Waals surface area contributed by atoms with E-state index in [0.29, 0.717) is 16.1 Å². The second-order valence-corrected chi connectivity index (χ2v) is 9.32. The number of fused-ring (bicyclic) bond motifs is 1. The molecular formula is C27H27ClF2N6. The van der Waals surface area contributed by atoms with Crippen LogP contribution in [0.3, 0.4) is 0 Å². The zero-order chi connectivity index (χ0) is 25.2. The number of likely N-dealkylation sites (tertiary alicyclic amines) is 1. The van der Waals surface area contributed by atoms with Crippen LogP contribution in [0.1, 0.15) is 36.2 Å². The molecule has 2 aromatic carbocycles. The Morgan fingerprint density at radius 1 is 1.03 bits per heavy atom. The second kappa shape index (κ2) is 10.3. The normalized spacial score (nSPS) is 14.1. The SMILES string of the molecule is CNc1cccc(-c2cccc(Nc3nc(C(F)F)nc4cc(CN5CCCC5)cnc34)c2C)c1Cl. The number of anilines is 3. The molecule has 1 saturated heterocycles. The largest absolute Gasteiger partial charge is 0.387 e. The quantitative estimate of drug-likeness (QED) is 0.281. The average Bonchev–Trinajstić information content (AvgIpc) is 3.38. The number of halogens is 3. The van der Waals surface area contributed by atoms with Crippen LogP contribution in [0.25, 0.3) is 22.2 Å². The van der Waals surface area contributed by atoms with Gasteiger partial charge in [-0.3, -0.25) is 9.88 Å². The lowest BCUT2D eigenvalue weighted by Gasteiger charge is -2.17. The molecule has 0 unspecified atom stereocenters. The molecule has 0 saturated carbocycles. The highest BCUT2D eigenvalue weighted by molar-refractivity contribution is 6.36. The van der Waals surface area contributed by atoms with Crippen molar-refractivity contribution in [1.29, 1.82) is 0 Å². The van der Waals surface area contributed by atoms with E-state index in [1.807, 2.05) is 56.4 Å². The van der Waals surface area contributed by atoms with Crippen molar-refractivity contribution in [3.05, 3.63) is 70.6 Å². The molecule has 1 aliphatic heterocycles. The van der Waals surface area contributed by atoms with E-state index >= 15 is 0 Å². The van der Waals surface area contributed by atoms with Crippen LogP contribution in [-0.2, 0) is 6.54 Å². The smallest absolute Gasteiger partial charge is 0.297 e. The lowest BCUT2D eigenvalue weighted by atomic mass is 9.98. The first kappa shape index (κ1) is 24.3. The number of alkyl halides is 2. The summed E-state index contributed by atoms with van der Waals surface area (Å²) in [7, 11) is 1.82. The average molecular weight is 509 g/mol. The highest BCUT2D eigenvalue weighted by Gasteiger charge is 2.19. The molecule has 6 nitrogen and oxygen atoms in total. The third kappa shape index (κ3) is 4.83. The van der Waals surface area contributed by atoms with E-state index in [9.17, 15) is 8.78 Å². The van der Waals surface area contributed by atoms with Crippen molar-refractivity contribution in [2.75, 3.05) is 30.8 Å². The molecule has 0 atom stereocenters. The van der Waals surface area contributed by atoms with Crippen LogP contribution in [0.15, 0.2) is 48.7 Å². The predicted octanol–water partition coefficient (Wildman–Crippen LogP) is 6.97. The Balaban J connectivity index is 1.54. The molecule has 2 aromatic heterocycles. The fraction of sp³-hybridized carbons (Fsp3) is 0.296. The van der Waals surface area contributed by atoms with E-state index in [2.05, 4.69) is 30.5 Å². The van der Waals surface area contributed by atoms with Crippen molar-refractivity contribution in [3.63, 3.8) is 0 Å². The number of nitrogens with one attached hydrogen (secondary N) is 2. The Bertz CT molecular complexity index is 1400. The molecule has 0 radical (unpaired) electrons. The van der Waals surface area contributed by atoms with Crippen LogP contribution in [0.2, 0.25) is 5.02 Å². The van der Waals surface area contributed by atoms with E-state index in [4.69, 9.17) is 11.6 Å². The molecule has 1 fully saturated rings. The monoisotopic (exact) mass is 508 g/mol. The number of aromatic nitrogens is 3. The van der Waals surface area contributed by atoms with E-state index in [-0.39, 0.29) is 5.82 Å². The second-order valence-electron chi connectivity index (χ2n) is 8.95. The van der Waals surface area contributed by atoms with Crippen LogP contribution in [-0.4, -0.2) is 40.0 Å². The highest BCUT2D eigenvalue weighted by Crippen LogP contribution is 2.38. The van der Waals surface area contributed by atoms with Gasteiger partial charge in [-0.15, -0.1) is 0 Å².